The summed E-state index contributed by atoms with van der Waals surface area (Å²) in [6.07, 6.45) is 14.3. The van der Waals surface area contributed by atoms with E-state index in [0.717, 1.165) is 0 Å². The van der Waals surface area contributed by atoms with Crippen molar-refractivity contribution in [2.24, 2.45) is 0 Å². The lowest BCUT2D eigenvalue weighted by Crippen LogP contribution is -2.25. The molecule has 1 N–H and O–H groups in total. The summed E-state index contributed by atoms with van der Waals surface area (Å²) in [7, 11) is 0. The van der Waals surface area contributed by atoms with Gasteiger partial charge in [0.05, 0.1) is 18.0 Å². The second-order valence-corrected chi connectivity index (χ2v) is 4.89. The molecular weight excluding hydrogens is 320 g/mol. The van der Waals surface area contributed by atoms with Gasteiger partial charge in [0, 0.05) is 24.8 Å². The lowest BCUT2D eigenvalue weighted by Gasteiger charge is -2.10. The van der Waals surface area contributed by atoms with Crippen LogP contribution in [0.25, 0.3) is 23.0 Å². The highest BCUT2D eigenvalue weighted by Gasteiger charge is 2.20. The first-order chi connectivity index (χ1) is 12.3. The number of amides is 1. The van der Waals surface area contributed by atoms with Gasteiger partial charge in [-0.15, -0.1) is 15.9 Å². The van der Waals surface area contributed by atoms with E-state index in [-0.39, 0.29) is 5.91 Å². The Morgan fingerprint density at radius 2 is 1.60 bits per heavy atom. The Kier molecular flexibility index (Phi) is 3.66. The molecule has 25 heavy (non-hydrogen) atoms. The molecule has 3 aromatic heterocycles. The zero-order chi connectivity index (χ0) is 17.1. The largest absolute Gasteiger partial charge is 0.278 e. The van der Waals surface area contributed by atoms with Gasteiger partial charge in [0.25, 0.3) is 5.91 Å². The predicted molar refractivity (Wildman–Crippen MR) is 87.2 cm³/mol. The van der Waals surface area contributed by atoms with Crippen LogP contribution < -0.4 is 5.43 Å². The molecule has 1 aliphatic rings. The monoisotopic (exact) mass is 330 g/mol. The molecule has 0 spiro atoms. The number of carbonyl (C=O) groups excluding carboxylic acids is 1. The first-order valence-corrected chi connectivity index (χ1v) is 7.26. The van der Waals surface area contributed by atoms with Crippen LogP contribution in [-0.2, 0) is 4.79 Å². The first-order valence-electron chi connectivity index (χ1n) is 7.26. The van der Waals surface area contributed by atoms with Gasteiger partial charge >= 0.3 is 0 Å². The Labute approximate surface area is 141 Å². The third-order valence-corrected chi connectivity index (χ3v) is 3.30. The molecule has 3 heterocycles. The van der Waals surface area contributed by atoms with E-state index in [1.807, 2.05) is 0 Å². The van der Waals surface area contributed by atoms with Gasteiger partial charge < -0.3 is 0 Å². The van der Waals surface area contributed by atoms with Crippen molar-refractivity contribution >= 4 is 5.91 Å². The summed E-state index contributed by atoms with van der Waals surface area (Å²) in [5.41, 5.74) is 6.89. The van der Waals surface area contributed by atoms with Crippen molar-refractivity contribution in [3.8, 4) is 23.0 Å². The molecule has 9 nitrogen and oxygen atoms in total. The number of nitrogens with zero attached hydrogens (tertiary/aromatic N) is 7. The fraction of sp³-hybridized carbons (Fsp3) is 0. The average Bonchev–Trinajstić information content (AvgIpc) is 3.33. The van der Waals surface area contributed by atoms with Crippen molar-refractivity contribution in [2.45, 2.75) is 0 Å². The second-order valence-electron chi connectivity index (χ2n) is 4.89. The van der Waals surface area contributed by atoms with E-state index >= 15 is 0 Å². The van der Waals surface area contributed by atoms with Crippen molar-refractivity contribution in [3.63, 3.8) is 0 Å². The molecule has 4 rings (SSSR count). The first kappa shape index (κ1) is 14.6. The smallest absolute Gasteiger partial charge is 0.267 e. The van der Waals surface area contributed by atoms with Gasteiger partial charge in [0.1, 0.15) is 11.4 Å². The average molecular weight is 330 g/mol. The number of carbonyl (C=O) groups is 1. The van der Waals surface area contributed by atoms with Gasteiger partial charge in [0.15, 0.2) is 0 Å². The van der Waals surface area contributed by atoms with Gasteiger partial charge in [-0.2, -0.15) is 0 Å². The van der Waals surface area contributed by atoms with Crippen molar-refractivity contribution in [1.29, 1.82) is 0 Å². The maximum Gasteiger partial charge on any atom is 0.278 e. The normalized spacial score (nSPS) is 12.2. The quantitative estimate of drug-likeness (QED) is 0.708. The summed E-state index contributed by atoms with van der Waals surface area (Å²) in [5.74, 6) is 0.294. The molecule has 1 amide bonds. The lowest BCUT2D eigenvalue weighted by molar-refractivity contribution is -0.113. The van der Waals surface area contributed by atoms with E-state index < -0.39 is 0 Å². The fourth-order valence-electron chi connectivity index (χ4n) is 2.18. The number of rotatable bonds is 4. The fourth-order valence-corrected chi connectivity index (χ4v) is 2.18. The van der Waals surface area contributed by atoms with Gasteiger partial charge in [-0.1, -0.05) is 6.08 Å². The van der Waals surface area contributed by atoms with Crippen molar-refractivity contribution in [3.05, 3.63) is 66.7 Å². The second kappa shape index (κ2) is 6.26. The zero-order valence-corrected chi connectivity index (χ0v) is 12.7. The van der Waals surface area contributed by atoms with E-state index in [9.17, 15) is 4.79 Å². The Morgan fingerprint density at radius 1 is 0.960 bits per heavy atom. The Hall–Kier alpha value is -3.97. The van der Waals surface area contributed by atoms with Crippen LogP contribution in [0.15, 0.2) is 66.7 Å². The lowest BCUT2D eigenvalue weighted by atomic mass is 10.3. The number of hydrogen-bond acceptors (Lipinski definition) is 7. The van der Waals surface area contributed by atoms with Crippen LogP contribution in [0.4, 0.5) is 0 Å². The van der Waals surface area contributed by atoms with Crippen LogP contribution >= 0.6 is 0 Å². The van der Waals surface area contributed by atoms with E-state index in [4.69, 9.17) is 0 Å². The van der Waals surface area contributed by atoms with Crippen LogP contribution in [-0.4, -0.2) is 40.7 Å². The van der Waals surface area contributed by atoms with Crippen LogP contribution in [0.2, 0.25) is 0 Å². The molecule has 0 aliphatic heterocycles. The molecule has 0 radical (unpaired) electrons. The van der Waals surface area contributed by atoms with Crippen LogP contribution in [0.1, 0.15) is 0 Å². The molecule has 3 aromatic rings. The van der Waals surface area contributed by atoms with E-state index in [1.54, 1.807) is 30.6 Å². The van der Waals surface area contributed by atoms with E-state index in [2.05, 4.69) is 41.3 Å². The van der Waals surface area contributed by atoms with Gasteiger partial charge in [-0.05, 0) is 12.2 Å². The summed E-state index contributed by atoms with van der Waals surface area (Å²) in [4.78, 5) is 28.9. The Balaban J connectivity index is 1.81. The number of nitrogens with one attached hydrogen (secondary N) is 1. The third-order valence-electron chi connectivity index (χ3n) is 3.30. The molecule has 1 aliphatic carbocycles. The van der Waals surface area contributed by atoms with Crippen LogP contribution in [0.5, 0.6) is 0 Å². The summed E-state index contributed by atoms with van der Waals surface area (Å²) in [6.45, 7) is 0. The highest BCUT2D eigenvalue weighted by molar-refractivity contribution is 6.02. The van der Waals surface area contributed by atoms with Crippen molar-refractivity contribution in [2.75, 3.05) is 5.43 Å². The highest BCUT2D eigenvalue weighted by atomic mass is 16.2. The molecule has 0 saturated carbocycles. The van der Waals surface area contributed by atoms with Crippen molar-refractivity contribution < 1.29 is 4.79 Å². The number of aromatic nitrogens is 7. The SMILES string of the molecule is O=C(Nn1c(-c2cnccn2)nnc1-c1cnccn1)C1=C=CC=C1. The van der Waals surface area contributed by atoms with Crippen LogP contribution in [0, 0.1) is 0 Å². The molecule has 120 valence electrons. The molecule has 0 saturated heterocycles. The summed E-state index contributed by atoms with van der Waals surface area (Å²) < 4.78 is 1.41. The molecule has 0 bridgehead atoms. The minimum atomic E-state index is -0.361. The third kappa shape index (κ3) is 2.82. The minimum absolute atomic E-state index is 0.327. The molecule has 0 atom stereocenters. The Bertz CT molecular complexity index is 960. The molecule has 9 heteroatoms. The maximum absolute atomic E-state index is 12.4. The number of hydrogen-bond donors (Lipinski definition) is 1. The minimum Gasteiger partial charge on any atom is -0.267 e. The predicted octanol–water partition coefficient (Wildman–Crippen LogP) is 0.913. The van der Waals surface area contributed by atoms with Crippen LogP contribution in [0.3, 0.4) is 0 Å². The topological polar surface area (TPSA) is 111 Å². The maximum atomic E-state index is 12.4. The van der Waals surface area contributed by atoms with E-state index in [1.165, 1.54) is 29.5 Å². The highest BCUT2D eigenvalue weighted by Crippen LogP contribution is 2.20. The van der Waals surface area contributed by atoms with Crippen molar-refractivity contribution in [1.82, 2.24) is 34.8 Å². The standard InChI is InChI=1S/C16H10N8O/c25-16(11-3-1-2-4-11)23-24-14(12-9-17-5-7-19-12)21-22-15(24)13-10-18-6-8-20-13/h1-3,5-10H,(H,23,25). The summed E-state index contributed by atoms with van der Waals surface area (Å²) >= 11 is 0. The molecule has 0 unspecified atom stereocenters. The zero-order valence-electron chi connectivity index (χ0n) is 12.7. The summed E-state index contributed by atoms with van der Waals surface area (Å²) in [5, 5.41) is 8.23. The molecule has 0 fully saturated rings. The molecule has 0 aromatic carbocycles. The number of allylic oxidation sites excluding steroid dienone is 1. The van der Waals surface area contributed by atoms with Gasteiger partial charge in [-0.25, -0.2) is 14.6 Å². The van der Waals surface area contributed by atoms with Gasteiger partial charge in [-0.3, -0.25) is 20.2 Å². The van der Waals surface area contributed by atoms with E-state index in [0.29, 0.717) is 28.6 Å². The summed E-state index contributed by atoms with van der Waals surface area (Å²) in [6, 6.07) is 0. The molecular formula is C16H10N8O. The Morgan fingerprint density at radius 3 is 2.08 bits per heavy atom. The van der Waals surface area contributed by atoms with Gasteiger partial charge in [0.2, 0.25) is 11.6 Å².